The monoisotopic (exact) mass is 438 g/mol. The molecule has 0 aromatic heterocycles. The van der Waals surface area contributed by atoms with Crippen LogP contribution in [0, 0.1) is 0 Å². The number of anilines is 1. The second kappa shape index (κ2) is 7.25. The molecule has 0 radical (unpaired) electrons. The Labute approximate surface area is 174 Å². The van der Waals surface area contributed by atoms with Gasteiger partial charge in [0.05, 0.1) is 4.90 Å². The first kappa shape index (κ1) is 19.6. The molecule has 0 spiro atoms. The number of hydrogen-bond donors (Lipinski definition) is 1. The highest BCUT2D eigenvalue weighted by Crippen LogP contribution is 2.47. The number of amides is 1. The van der Waals surface area contributed by atoms with Crippen LogP contribution < -0.4 is 10.2 Å². The fourth-order valence-corrected chi connectivity index (χ4v) is 5.79. The van der Waals surface area contributed by atoms with Gasteiger partial charge in [-0.15, -0.1) is 0 Å². The summed E-state index contributed by atoms with van der Waals surface area (Å²) in [5.41, 5.74) is 1.04. The van der Waals surface area contributed by atoms with Gasteiger partial charge >= 0.3 is 0 Å². The van der Waals surface area contributed by atoms with Crippen molar-refractivity contribution < 1.29 is 13.2 Å². The Kier molecular flexibility index (Phi) is 5.06. The Morgan fingerprint density at radius 2 is 1.57 bits per heavy atom. The van der Waals surface area contributed by atoms with E-state index in [1.807, 2.05) is 24.3 Å². The van der Waals surface area contributed by atoms with Crippen molar-refractivity contribution in [1.82, 2.24) is 5.32 Å². The SMILES string of the molecule is O=C(NC1CCN(c2ccc(Cl)cc2)C1)C1(S(=O)(=O)c2ccc(Cl)cc2)CC1. The van der Waals surface area contributed by atoms with Gasteiger partial charge in [0.2, 0.25) is 5.91 Å². The molecule has 5 nitrogen and oxygen atoms in total. The predicted molar refractivity (Wildman–Crippen MR) is 111 cm³/mol. The van der Waals surface area contributed by atoms with Crippen molar-refractivity contribution in [2.75, 3.05) is 18.0 Å². The van der Waals surface area contributed by atoms with Crippen molar-refractivity contribution in [1.29, 1.82) is 0 Å². The van der Waals surface area contributed by atoms with Gasteiger partial charge in [-0.25, -0.2) is 8.42 Å². The first-order valence-electron chi connectivity index (χ1n) is 9.13. The molecule has 2 aliphatic rings. The number of benzene rings is 2. The second-order valence-electron chi connectivity index (χ2n) is 7.33. The minimum absolute atomic E-state index is 0.0823. The molecule has 0 bridgehead atoms. The highest BCUT2D eigenvalue weighted by atomic mass is 35.5. The lowest BCUT2D eigenvalue weighted by molar-refractivity contribution is -0.122. The summed E-state index contributed by atoms with van der Waals surface area (Å²) in [4.78, 5) is 15.2. The molecule has 1 unspecified atom stereocenters. The molecule has 1 heterocycles. The number of carbonyl (C=O) groups is 1. The lowest BCUT2D eigenvalue weighted by Crippen LogP contribution is -2.47. The van der Waals surface area contributed by atoms with E-state index in [-0.39, 0.29) is 10.9 Å². The Balaban J connectivity index is 1.45. The van der Waals surface area contributed by atoms with Crippen LogP contribution in [-0.4, -0.2) is 38.2 Å². The van der Waals surface area contributed by atoms with Crippen LogP contribution in [0.1, 0.15) is 19.3 Å². The van der Waals surface area contributed by atoms with E-state index in [1.165, 1.54) is 24.3 Å². The Morgan fingerprint density at radius 1 is 1.00 bits per heavy atom. The summed E-state index contributed by atoms with van der Waals surface area (Å²) in [5.74, 6) is -0.398. The van der Waals surface area contributed by atoms with E-state index in [0.29, 0.717) is 29.4 Å². The largest absolute Gasteiger partial charge is 0.369 e. The third kappa shape index (κ3) is 3.49. The van der Waals surface area contributed by atoms with Gasteiger partial charge in [-0.1, -0.05) is 23.2 Å². The van der Waals surface area contributed by atoms with Crippen LogP contribution in [0.2, 0.25) is 10.0 Å². The van der Waals surface area contributed by atoms with Gasteiger partial charge in [0, 0.05) is 34.9 Å². The molecule has 2 fully saturated rings. The molecule has 28 heavy (non-hydrogen) atoms. The third-order valence-corrected chi connectivity index (χ3v) is 8.49. The maximum absolute atomic E-state index is 13.0. The zero-order chi connectivity index (χ0) is 19.9. The first-order chi connectivity index (χ1) is 13.3. The quantitative estimate of drug-likeness (QED) is 0.772. The maximum Gasteiger partial charge on any atom is 0.242 e. The van der Waals surface area contributed by atoms with Gasteiger partial charge in [0.1, 0.15) is 0 Å². The Bertz CT molecular complexity index is 987. The van der Waals surface area contributed by atoms with Crippen LogP contribution >= 0.6 is 23.2 Å². The summed E-state index contributed by atoms with van der Waals surface area (Å²) in [7, 11) is -3.75. The van der Waals surface area contributed by atoms with Crippen molar-refractivity contribution in [3.8, 4) is 0 Å². The second-order valence-corrected chi connectivity index (χ2v) is 10.5. The molecule has 1 aliphatic heterocycles. The smallest absolute Gasteiger partial charge is 0.242 e. The number of sulfone groups is 1. The number of carbonyl (C=O) groups excluding carboxylic acids is 1. The van der Waals surface area contributed by atoms with Gasteiger partial charge < -0.3 is 10.2 Å². The lowest BCUT2D eigenvalue weighted by Gasteiger charge is -2.21. The molecule has 2 aromatic carbocycles. The highest BCUT2D eigenvalue weighted by Gasteiger charge is 2.61. The summed E-state index contributed by atoms with van der Waals surface area (Å²) in [5, 5.41) is 4.10. The number of nitrogens with one attached hydrogen (secondary N) is 1. The van der Waals surface area contributed by atoms with Crippen LogP contribution in [0.4, 0.5) is 5.69 Å². The minimum atomic E-state index is -3.75. The van der Waals surface area contributed by atoms with E-state index in [4.69, 9.17) is 23.2 Å². The molecule has 1 amide bonds. The van der Waals surface area contributed by atoms with Crippen LogP contribution in [0.15, 0.2) is 53.4 Å². The Morgan fingerprint density at radius 3 is 2.14 bits per heavy atom. The van der Waals surface area contributed by atoms with Gasteiger partial charge in [0.25, 0.3) is 0 Å². The summed E-state index contributed by atoms with van der Waals surface area (Å²) in [6.45, 7) is 1.44. The van der Waals surface area contributed by atoms with E-state index in [2.05, 4.69) is 10.2 Å². The van der Waals surface area contributed by atoms with Gasteiger partial charge in [-0.05, 0) is 67.8 Å². The number of hydrogen-bond acceptors (Lipinski definition) is 4. The third-order valence-electron chi connectivity index (χ3n) is 5.47. The van der Waals surface area contributed by atoms with Gasteiger partial charge in [0.15, 0.2) is 14.6 Å². The topological polar surface area (TPSA) is 66.5 Å². The van der Waals surface area contributed by atoms with Crippen molar-refractivity contribution in [3.05, 3.63) is 58.6 Å². The van der Waals surface area contributed by atoms with E-state index >= 15 is 0 Å². The van der Waals surface area contributed by atoms with Crippen molar-refractivity contribution in [2.24, 2.45) is 0 Å². The fraction of sp³-hybridized carbons (Fsp3) is 0.350. The van der Waals surface area contributed by atoms with Crippen LogP contribution in [0.25, 0.3) is 0 Å². The van der Waals surface area contributed by atoms with Crippen molar-refractivity contribution >= 4 is 44.6 Å². The average molecular weight is 439 g/mol. The molecular weight excluding hydrogens is 419 g/mol. The predicted octanol–water partition coefficient (Wildman–Crippen LogP) is 3.69. The van der Waals surface area contributed by atoms with Crippen LogP contribution in [0.3, 0.4) is 0 Å². The molecule has 148 valence electrons. The van der Waals surface area contributed by atoms with Gasteiger partial charge in [-0.2, -0.15) is 0 Å². The van der Waals surface area contributed by atoms with Crippen LogP contribution in [0.5, 0.6) is 0 Å². The molecule has 4 rings (SSSR count). The molecule has 1 atom stereocenters. The molecule has 1 saturated heterocycles. The number of halogens is 2. The van der Waals surface area contributed by atoms with Crippen molar-refractivity contribution in [2.45, 2.75) is 34.9 Å². The Hall–Kier alpha value is -1.76. The molecule has 1 aliphatic carbocycles. The number of rotatable bonds is 5. The maximum atomic E-state index is 13.0. The summed E-state index contributed by atoms with van der Waals surface area (Å²) in [6.07, 6.45) is 1.46. The van der Waals surface area contributed by atoms with Crippen LogP contribution in [-0.2, 0) is 14.6 Å². The van der Waals surface area contributed by atoms with E-state index in [0.717, 1.165) is 18.7 Å². The zero-order valence-corrected chi connectivity index (χ0v) is 17.4. The highest BCUT2D eigenvalue weighted by molar-refractivity contribution is 7.94. The molecular formula is C20H20Cl2N2O3S. The summed E-state index contributed by atoms with van der Waals surface area (Å²) in [6, 6.07) is 13.5. The average Bonchev–Trinajstić information content (AvgIpc) is 3.38. The van der Waals surface area contributed by atoms with E-state index in [9.17, 15) is 13.2 Å². The first-order valence-corrected chi connectivity index (χ1v) is 11.4. The van der Waals surface area contributed by atoms with E-state index < -0.39 is 20.5 Å². The normalized spacial score (nSPS) is 20.8. The minimum Gasteiger partial charge on any atom is -0.369 e. The molecule has 2 aromatic rings. The van der Waals surface area contributed by atoms with E-state index in [1.54, 1.807) is 0 Å². The lowest BCUT2D eigenvalue weighted by atomic mass is 10.2. The standard InChI is InChI=1S/C20H20Cl2N2O3S/c21-14-1-5-17(6-2-14)24-12-9-16(13-24)23-19(25)20(10-11-20)28(26,27)18-7-3-15(22)4-8-18/h1-8,16H,9-13H2,(H,23,25). The molecule has 8 heteroatoms. The summed E-state index contributed by atoms with van der Waals surface area (Å²) >= 11 is 11.8. The molecule has 1 N–H and O–H groups in total. The zero-order valence-electron chi connectivity index (χ0n) is 15.1. The van der Waals surface area contributed by atoms with Crippen molar-refractivity contribution in [3.63, 3.8) is 0 Å². The molecule has 1 saturated carbocycles. The number of nitrogens with zero attached hydrogens (tertiary/aromatic N) is 1. The summed E-state index contributed by atoms with van der Waals surface area (Å²) < 4.78 is 24.7. The fourth-order valence-electron chi connectivity index (χ4n) is 3.65. The van der Waals surface area contributed by atoms with Gasteiger partial charge in [-0.3, -0.25) is 4.79 Å².